The topological polar surface area (TPSA) is 133 Å². The highest BCUT2D eigenvalue weighted by Gasteiger charge is 2.28. The smallest absolute Gasteiger partial charge is 0.308 e. The lowest BCUT2D eigenvalue weighted by Crippen LogP contribution is -2.20. The quantitative estimate of drug-likeness (QED) is 0.456. The van der Waals surface area contributed by atoms with E-state index in [1.807, 2.05) is 6.07 Å². The lowest BCUT2D eigenvalue weighted by atomic mass is 10.1. The first-order chi connectivity index (χ1) is 14.8. The molecule has 1 aliphatic heterocycles. The Morgan fingerprint density at radius 2 is 1.35 bits per heavy atom. The SMILES string of the molecule is O=C(Nc1ccccc1)Nc1cccc(NS(=O)(=O)c2ccc3c(c2)C(=O)NC3=O)c1. The molecule has 0 aromatic heterocycles. The van der Waals surface area contributed by atoms with Crippen molar-refractivity contribution < 1.29 is 22.8 Å². The fourth-order valence-electron chi connectivity index (χ4n) is 3.00. The molecular formula is C21H16N4O5S. The Morgan fingerprint density at radius 1 is 0.710 bits per heavy atom. The van der Waals surface area contributed by atoms with Gasteiger partial charge >= 0.3 is 6.03 Å². The summed E-state index contributed by atoms with van der Waals surface area (Å²) >= 11 is 0. The Bertz CT molecular complexity index is 1310. The lowest BCUT2D eigenvalue weighted by molar-refractivity contribution is 0.0879. The van der Waals surface area contributed by atoms with Crippen LogP contribution in [-0.4, -0.2) is 26.3 Å². The minimum Gasteiger partial charge on any atom is -0.308 e. The summed E-state index contributed by atoms with van der Waals surface area (Å²) in [6.07, 6.45) is 0. The molecular weight excluding hydrogens is 420 g/mol. The van der Waals surface area contributed by atoms with Crippen molar-refractivity contribution in [1.29, 1.82) is 0 Å². The molecule has 4 amide bonds. The summed E-state index contributed by atoms with van der Waals surface area (Å²) in [7, 11) is -4.04. The standard InChI is InChI=1S/C21H16N4O5S/c26-19-17-10-9-16(12-18(17)20(27)24-19)31(29,30)25-15-8-4-7-14(11-15)23-21(28)22-13-5-2-1-3-6-13/h1-12,25H,(H2,22,23,28)(H,24,26,27). The largest absolute Gasteiger partial charge is 0.323 e. The zero-order chi connectivity index (χ0) is 22.0. The number of para-hydroxylation sites is 1. The van der Waals surface area contributed by atoms with Crippen LogP contribution in [0.4, 0.5) is 21.9 Å². The number of imide groups is 1. The molecule has 0 aliphatic carbocycles. The lowest BCUT2D eigenvalue weighted by Gasteiger charge is -2.11. The first-order valence-electron chi connectivity index (χ1n) is 9.07. The van der Waals surface area contributed by atoms with Gasteiger partial charge < -0.3 is 10.6 Å². The van der Waals surface area contributed by atoms with Crippen LogP contribution in [0.3, 0.4) is 0 Å². The van der Waals surface area contributed by atoms with Crippen molar-refractivity contribution in [2.45, 2.75) is 4.90 Å². The minimum absolute atomic E-state index is 0.000811. The number of rotatable bonds is 5. The number of benzene rings is 3. The van der Waals surface area contributed by atoms with Gasteiger partial charge in [-0.05, 0) is 48.5 Å². The van der Waals surface area contributed by atoms with Crippen molar-refractivity contribution in [2.75, 3.05) is 15.4 Å². The molecule has 4 N–H and O–H groups in total. The molecule has 0 bridgehead atoms. The number of carbonyl (C=O) groups is 3. The highest BCUT2D eigenvalue weighted by Crippen LogP contribution is 2.23. The summed E-state index contributed by atoms with van der Waals surface area (Å²) in [6, 6.07) is 18.2. The van der Waals surface area contributed by atoms with E-state index in [0.29, 0.717) is 11.4 Å². The number of anilines is 3. The molecule has 10 heteroatoms. The predicted molar refractivity (Wildman–Crippen MR) is 115 cm³/mol. The predicted octanol–water partition coefficient (Wildman–Crippen LogP) is 3.02. The Hall–Kier alpha value is -4.18. The van der Waals surface area contributed by atoms with Crippen LogP contribution in [0, 0.1) is 0 Å². The third-order valence-electron chi connectivity index (χ3n) is 4.42. The first kappa shape index (κ1) is 20.1. The molecule has 156 valence electrons. The van der Waals surface area contributed by atoms with Crippen molar-refractivity contribution in [3.8, 4) is 0 Å². The maximum Gasteiger partial charge on any atom is 0.323 e. The normalized spacial score (nSPS) is 12.6. The van der Waals surface area contributed by atoms with Gasteiger partial charge in [-0.1, -0.05) is 24.3 Å². The maximum absolute atomic E-state index is 12.7. The van der Waals surface area contributed by atoms with E-state index >= 15 is 0 Å². The van der Waals surface area contributed by atoms with Crippen LogP contribution in [0.15, 0.2) is 77.7 Å². The molecule has 1 heterocycles. The number of hydrogen-bond donors (Lipinski definition) is 4. The zero-order valence-electron chi connectivity index (χ0n) is 15.9. The van der Waals surface area contributed by atoms with Gasteiger partial charge in [0.2, 0.25) is 0 Å². The number of amides is 4. The van der Waals surface area contributed by atoms with E-state index in [4.69, 9.17) is 0 Å². The number of fused-ring (bicyclic) bond motifs is 1. The fraction of sp³-hybridized carbons (Fsp3) is 0. The molecule has 4 rings (SSSR count). The van der Waals surface area contributed by atoms with E-state index in [0.717, 1.165) is 6.07 Å². The Kier molecular flexibility index (Phi) is 5.14. The van der Waals surface area contributed by atoms with Crippen molar-refractivity contribution in [3.63, 3.8) is 0 Å². The number of urea groups is 1. The fourth-order valence-corrected chi connectivity index (χ4v) is 4.08. The van der Waals surface area contributed by atoms with E-state index in [1.54, 1.807) is 36.4 Å². The summed E-state index contributed by atoms with van der Waals surface area (Å²) in [6.45, 7) is 0. The molecule has 0 spiro atoms. The summed E-state index contributed by atoms with van der Waals surface area (Å²) < 4.78 is 27.9. The number of sulfonamides is 1. The monoisotopic (exact) mass is 436 g/mol. The van der Waals surface area contributed by atoms with Crippen LogP contribution >= 0.6 is 0 Å². The second-order valence-electron chi connectivity index (χ2n) is 6.62. The second-order valence-corrected chi connectivity index (χ2v) is 8.30. The van der Waals surface area contributed by atoms with Gasteiger partial charge in [0.25, 0.3) is 21.8 Å². The van der Waals surface area contributed by atoms with Gasteiger partial charge in [-0.15, -0.1) is 0 Å². The van der Waals surface area contributed by atoms with E-state index in [9.17, 15) is 22.8 Å². The third kappa shape index (κ3) is 4.38. The van der Waals surface area contributed by atoms with Gasteiger partial charge in [0.15, 0.2) is 0 Å². The molecule has 0 fully saturated rings. The van der Waals surface area contributed by atoms with Gasteiger partial charge in [-0.3, -0.25) is 19.6 Å². The highest BCUT2D eigenvalue weighted by molar-refractivity contribution is 7.92. The molecule has 3 aromatic rings. The van der Waals surface area contributed by atoms with Gasteiger partial charge in [-0.25, -0.2) is 13.2 Å². The van der Waals surface area contributed by atoms with E-state index in [1.165, 1.54) is 24.3 Å². The van der Waals surface area contributed by atoms with E-state index in [2.05, 4.69) is 20.7 Å². The molecule has 3 aromatic carbocycles. The second kappa shape index (κ2) is 7.92. The van der Waals surface area contributed by atoms with E-state index < -0.39 is 27.9 Å². The highest BCUT2D eigenvalue weighted by atomic mass is 32.2. The van der Waals surface area contributed by atoms with Gasteiger partial charge in [0.1, 0.15) is 0 Å². The molecule has 0 saturated heterocycles. The van der Waals surface area contributed by atoms with Crippen LogP contribution < -0.4 is 20.7 Å². The van der Waals surface area contributed by atoms with Crippen molar-refractivity contribution >= 4 is 44.9 Å². The van der Waals surface area contributed by atoms with Crippen LogP contribution in [0.5, 0.6) is 0 Å². The number of carbonyl (C=O) groups excluding carboxylic acids is 3. The van der Waals surface area contributed by atoms with Crippen LogP contribution in [0.1, 0.15) is 20.7 Å². The molecule has 0 radical (unpaired) electrons. The summed E-state index contributed by atoms with van der Waals surface area (Å²) in [5.74, 6) is -1.21. The Balaban J connectivity index is 1.49. The molecule has 1 aliphatic rings. The molecule has 0 saturated carbocycles. The summed E-state index contributed by atoms with van der Waals surface area (Å²) in [4.78, 5) is 35.4. The zero-order valence-corrected chi connectivity index (χ0v) is 16.7. The third-order valence-corrected chi connectivity index (χ3v) is 5.80. The summed E-state index contributed by atoms with van der Waals surface area (Å²) in [5.41, 5.74) is 1.31. The maximum atomic E-state index is 12.7. The molecule has 0 atom stereocenters. The number of nitrogens with one attached hydrogen (secondary N) is 4. The van der Waals surface area contributed by atoms with Crippen molar-refractivity contribution in [2.24, 2.45) is 0 Å². The minimum atomic E-state index is -4.04. The van der Waals surface area contributed by atoms with Gasteiger partial charge in [0.05, 0.1) is 21.7 Å². The van der Waals surface area contributed by atoms with Crippen molar-refractivity contribution in [1.82, 2.24) is 5.32 Å². The van der Waals surface area contributed by atoms with Gasteiger partial charge in [0, 0.05) is 11.4 Å². The average molecular weight is 436 g/mol. The van der Waals surface area contributed by atoms with Crippen molar-refractivity contribution in [3.05, 3.63) is 83.9 Å². The van der Waals surface area contributed by atoms with Crippen LogP contribution in [-0.2, 0) is 10.0 Å². The van der Waals surface area contributed by atoms with Gasteiger partial charge in [-0.2, -0.15) is 0 Å². The first-order valence-corrected chi connectivity index (χ1v) is 10.6. The molecule has 31 heavy (non-hydrogen) atoms. The van der Waals surface area contributed by atoms with E-state index in [-0.39, 0.29) is 21.7 Å². The number of hydrogen-bond acceptors (Lipinski definition) is 5. The molecule has 0 unspecified atom stereocenters. The van der Waals surface area contributed by atoms with Crippen LogP contribution in [0.25, 0.3) is 0 Å². The molecule has 9 nitrogen and oxygen atoms in total. The Morgan fingerprint density at radius 3 is 2.13 bits per heavy atom. The summed E-state index contributed by atoms with van der Waals surface area (Å²) in [5, 5.41) is 7.40. The average Bonchev–Trinajstić information content (AvgIpc) is 3.02. The van der Waals surface area contributed by atoms with Crippen LogP contribution in [0.2, 0.25) is 0 Å². The Labute approximate surface area is 177 Å².